The predicted molar refractivity (Wildman–Crippen MR) is 81.6 cm³/mol. The van der Waals surface area contributed by atoms with Crippen molar-refractivity contribution in [2.75, 3.05) is 0 Å². The number of rotatable bonds is 1. The zero-order valence-corrected chi connectivity index (χ0v) is 11.1. The number of hydrogen-bond donors (Lipinski definition) is 3. The Morgan fingerprint density at radius 3 is 2.19 bits per heavy atom. The molecule has 0 aliphatic carbocycles. The lowest BCUT2D eigenvalue weighted by atomic mass is 10.1. The maximum atomic E-state index is 11.5. The minimum Gasteiger partial charge on any atom is -0.352 e. The van der Waals surface area contributed by atoms with E-state index in [1.54, 1.807) is 0 Å². The van der Waals surface area contributed by atoms with Gasteiger partial charge >= 0.3 is 11.7 Å². The number of para-hydroxylation sites is 1. The lowest BCUT2D eigenvalue weighted by molar-refractivity contribution is 0.256. The van der Waals surface area contributed by atoms with E-state index in [0.717, 1.165) is 22.2 Å². The number of nitrogens with zero attached hydrogens (tertiary/aromatic N) is 1. The van der Waals surface area contributed by atoms with E-state index in [-0.39, 0.29) is 5.69 Å². The topological polar surface area (TPSA) is 115 Å². The van der Waals surface area contributed by atoms with Crippen molar-refractivity contribution in [3.63, 3.8) is 0 Å². The molecule has 6 nitrogen and oxygen atoms in total. The van der Waals surface area contributed by atoms with E-state index in [0.29, 0.717) is 0 Å². The van der Waals surface area contributed by atoms with Crippen molar-refractivity contribution in [1.29, 1.82) is 0 Å². The maximum Gasteiger partial charge on any atom is 0.345 e. The first-order valence-electron chi connectivity index (χ1n) is 6.17. The van der Waals surface area contributed by atoms with E-state index >= 15 is 0 Å². The second-order valence-corrected chi connectivity index (χ2v) is 4.20. The predicted octanol–water partition coefficient (Wildman–Crippen LogP) is 1.61. The highest BCUT2D eigenvalue weighted by Crippen LogP contribution is 2.23. The molecule has 2 aromatic carbocycles. The number of carbonyl (C=O) groups excluding carboxylic acids is 1. The summed E-state index contributed by atoms with van der Waals surface area (Å²) in [6, 6.07) is 16.6. The summed E-state index contributed by atoms with van der Waals surface area (Å²) < 4.78 is 0. The van der Waals surface area contributed by atoms with Crippen LogP contribution in [-0.4, -0.2) is 16.0 Å². The first-order valence-corrected chi connectivity index (χ1v) is 6.17. The lowest BCUT2D eigenvalue weighted by Gasteiger charge is -2.04. The molecule has 0 aliphatic rings. The molecule has 0 atom stereocenters. The SMILES string of the molecule is NC(N)=O.O=c1nc(-c2ccccc2)c2ccccc2[nH]1. The third kappa shape index (κ3) is 3.66. The number of nitrogens with two attached hydrogens (primary N) is 2. The molecule has 5 N–H and O–H groups in total. The number of H-pyrrole nitrogens is 1. The number of aromatic amines is 1. The van der Waals surface area contributed by atoms with Gasteiger partial charge in [-0.25, -0.2) is 9.59 Å². The fraction of sp³-hybridized carbons (Fsp3) is 0. The van der Waals surface area contributed by atoms with Crippen molar-refractivity contribution in [3.8, 4) is 11.3 Å². The van der Waals surface area contributed by atoms with Crippen molar-refractivity contribution in [2.24, 2.45) is 11.5 Å². The molecule has 6 heteroatoms. The molecule has 0 saturated heterocycles. The van der Waals surface area contributed by atoms with Crippen LogP contribution in [0.25, 0.3) is 22.2 Å². The Morgan fingerprint density at radius 2 is 1.52 bits per heavy atom. The first-order chi connectivity index (χ1) is 10.1. The van der Waals surface area contributed by atoms with Crippen molar-refractivity contribution < 1.29 is 4.79 Å². The molecule has 0 aliphatic heterocycles. The smallest absolute Gasteiger partial charge is 0.345 e. The van der Waals surface area contributed by atoms with Crippen molar-refractivity contribution in [1.82, 2.24) is 9.97 Å². The van der Waals surface area contributed by atoms with E-state index in [9.17, 15) is 4.79 Å². The third-order valence-electron chi connectivity index (χ3n) is 2.68. The number of nitrogens with one attached hydrogen (secondary N) is 1. The maximum absolute atomic E-state index is 11.5. The minimum atomic E-state index is -0.833. The van der Waals surface area contributed by atoms with Gasteiger partial charge in [0.1, 0.15) is 0 Å². The van der Waals surface area contributed by atoms with Crippen LogP contribution < -0.4 is 17.2 Å². The fourth-order valence-electron chi connectivity index (χ4n) is 1.92. The number of amides is 2. The largest absolute Gasteiger partial charge is 0.352 e. The van der Waals surface area contributed by atoms with Crippen LogP contribution in [0, 0.1) is 0 Å². The fourth-order valence-corrected chi connectivity index (χ4v) is 1.92. The normalized spacial score (nSPS) is 9.71. The van der Waals surface area contributed by atoms with E-state index in [2.05, 4.69) is 21.4 Å². The van der Waals surface area contributed by atoms with E-state index < -0.39 is 6.03 Å². The average molecular weight is 282 g/mol. The van der Waals surface area contributed by atoms with Gasteiger partial charge in [0.2, 0.25) is 0 Å². The van der Waals surface area contributed by atoms with Crippen LogP contribution in [0.15, 0.2) is 59.4 Å². The number of aromatic nitrogens is 2. The standard InChI is InChI=1S/C14H10N2O.CH4N2O/c17-14-15-12-9-5-4-8-11(12)13(16-14)10-6-2-1-3-7-10;2-1(3)4/h1-9H,(H,15,16,17);(H4,2,3,4). The molecule has 2 amide bonds. The zero-order chi connectivity index (χ0) is 15.2. The monoisotopic (exact) mass is 282 g/mol. The summed E-state index contributed by atoms with van der Waals surface area (Å²) in [5.41, 5.74) is 10.7. The summed E-state index contributed by atoms with van der Waals surface area (Å²) in [4.78, 5) is 27.3. The number of fused-ring (bicyclic) bond motifs is 1. The Kier molecular flexibility index (Phi) is 4.30. The number of benzene rings is 2. The summed E-state index contributed by atoms with van der Waals surface area (Å²) in [5, 5.41) is 0.957. The second kappa shape index (κ2) is 6.33. The van der Waals surface area contributed by atoms with Gasteiger partial charge in [0, 0.05) is 10.9 Å². The second-order valence-electron chi connectivity index (χ2n) is 4.20. The van der Waals surface area contributed by atoms with Crippen LogP contribution in [0.5, 0.6) is 0 Å². The van der Waals surface area contributed by atoms with Gasteiger partial charge in [-0.05, 0) is 6.07 Å². The van der Waals surface area contributed by atoms with Gasteiger partial charge in [-0.1, -0.05) is 48.5 Å². The van der Waals surface area contributed by atoms with Crippen molar-refractivity contribution in [3.05, 3.63) is 65.1 Å². The molecular formula is C15H14N4O2. The molecule has 1 aromatic heterocycles. The Labute approximate surface area is 120 Å². The van der Waals surface area contributed by atoms with Crippen LogP contribution in [0.3, 0.4) is 0 Å². The Morgan fingerprint density at radius 1 is 0.952 bits per heavy atom. The molecular weight excluding hydrogens is 268 g/mol. The number of urea groups is 1. The van der Waals surface area contributed by atoms with Gasteiger partial charge in [0.25, 0.3) is 0 Å². The van der Waals surface area contributed by atoms with Crippen LogP contribution >= 0.6 is 0 Å². The Hall–Kier alpha value is -3.15. The van der Waals surface area contributed by atoms with Crippen molar-refractivity contribution >= 4 is 16.9 Å². The molecule has 0 unspecified atom stereocenters. The average Bonchev–Trinajstić information content (AvgIpc) is 2.46. The third-order valence-corrected chi connectivity index (χ3v) is 2.68. The number of primary amides is 2. The molecule has 0 radical (unpaired) electrons. The highest BCUT2D eigenvalue weighted by molar-refractivity contribution is 5.91. The molecule has 1 heterocycles. The van der Waals surface area contributed by atoms with Crippen LogP contribution in [0.1, 0.15) is 0 Å². The molecule has 3 rings (SSSR count). The van der Waals surface area contributed by atoms with E-state index in [1.807, 2.05) is 54.6 Å². The lowest BCUT2D eigenvalue weighted by Crippen LogP contribution is -2.18. The summed E-state index contributed by atoms with van der Waals surface area (Å²) in [5.74, 6) is 0. The van der Waals surface area contributed by atoms with Gasteiger partial charge in [0.15, 0.2) is 0 Å². The minimum absolute atomic E-state index is 0.317. The van der Waals surface area contributed by atoms with Crippen LogP contribution in [0.4, 0.5) is 4.79 Å². The molecule has 0 saturated carbocycles. The molecule has 21 heavy (non-hydrogen) atoms. The van der Waals surface area contributed by atoms with Crippen LogP contribution in [0.2, 0.25) is 0 Å². The zero-order valence-electron chi connectivity index (χ0n) is 11.1. The van der Waals surface area contributed by atoms with Gasteiger partial charge in [0.05, 0.1) is 11.2 Å². The highest BCUT2D eigenvalue weighted by atomic mass is 16.2. The highest BCUT2D eigenvalue weighted by Gasteiger charge is 2.05. The van der Waals surface area contributed by atoms with Gasteiger partial charge in [-0.2, -0.15) is 4.98 Å². The van der Waals surface area contributed by atoms with Gasteiger partial charge in [-0.3, -0.25) is 0 Å². The summed E-state index contributed by atoms with van der Waals surface area (Å²) in [6.45, 7) is 0. The molecule has 3 aromatic rings. The molecule has 0 fully saturated rings. The van der Waals surface area contributed by atoms with Gasteiger partial charge in [-0.15, -0.1) is 0 Å². The number of hydrogen-bond acceptors (Lipinski definition) is 3. The summed E-state index contributed by atoms with van der Waals surface area (Å²) >= 11 is 0. The molecule has 0 spiro atoms. The summed E-state index contributed by atoms with van der Waals surface area (Å²) in [6.07, 6.45) is 0. The quantitative estimate of drug-likeness (QED) is 0.629. The van der Waals surface area contributed by atoms with Crippen LogP contribution in [-0.2, 0) is 0 Å². The summed E-state index contributed by atoms with van der Waals surface area (Å²) in [7, 11) is 0. The van der Waals surface area contributed by atoms with E-state index in [1.165, 1.54) is 0 Å². The first kappa shape index (κ1) is 14.3. The Bertz CT molecular complexity index is 809. The molecule has 0 bridgehead atoms. The number of carbonyl (C=O) groups is 1. The van der Waals surface area contributed by atoms with Gasteiger partial charge < -0.3 is 16.5 Å². The van der Waals surface area contributed by atoms with E-state index in [4.69, 9.17) is 4.79 Å². The molecule has 106 valence electrons. The van der Waals surface area contributed by atoms with Crippen molar-refractivity contribution in [2.45, 2.75) is 0 Å². The Balaban J connectivity index is 0.000000361.